The third-order valence-corrected chi connectivity index (χ3v) is 3.67. The first-order valence-corrected chi connectivity index (χ1v) is 7.34. The summed E-state index contributed by atoms with van der Waals surface area (Å²) < 4.78 is 1.48. The lowest BCUT2D eigenvalue weighted by molar-refractivity contribution is 0.660. The number of hydrogen-bond donors (Lipinski definition) is 0. The van der Waals surface area contributed by atoms with Crippen molar-refractivity contribution in [3.63, 3.8) is 0 Å². The maximum Gasteiger partial charge on any atom is 0.282 e. The summed E-state index contributed by atoms with van der Waals surface area (Å²) in [5.41, 5.74) is 1.58. The van der Waals surface area contributed by atoms with E-state index in [0.717, 1.165) is 17.6 Å². The summed E-state index contributed by atoms with van der Waals surface area (Å²) in [5.74, 6) is 1.32. The first kappa shape index (κ1) is 13.7. The van der Waals surface area contributed by atoms with Gasteiger partial charge in [-0.05, 0) is 30.5 Å². The lowest BCUT2D eigenvalue weighted by Gasteiger charge is -2.12. The summed E-state index contributed by atoms with van der Waals surface area (Å²) in [7, 11) is 0. The molecule has 1 aliphatic rings. The summed E-state index contributed by atoms with van der Waals surface area (Å²) in [5, 5.41) is 5.16. The number of nitrogens with zero attached hydrogens (tertiary/aromatic N) is 3. The van der Waals surface area contributed by atoms with Crippen molar-refractivity contribution < 1.29 is 0 Å². The number of aromatic nitrogens is 2. The van der Waals surface area contributed by atoms with Crippen LogP contribution in [0.1, 0.15) is 38.9 Å². The van der Waals surface area contributed by atoms with Crippen molar-refractivity contribution in [2.45, 2.75) is 33.1 Å². The van der Waals surface area contributed by atoms with E-state index in [1.165, 1.54) is 4.68 Å². The fourth-order valence-electron chi connectivity index (χ4n) is 2.56. The Morgan fingerprint density at radius 3 is 2.76 bits per heavy atom. The minimum Gasteiger partial charge on any atom is -0.267 e. The van der Waals surface area contributed by atoms with Gasteiger partial charge in [0, 0.05) is 5.92 Å². The van der Waals surface area contributed by atoms with Gasteiger partial charge in [-0.3, -0.25) is 4.79 Å². The van der Waals surface area contributed by atoms with Gasteiger partial charge >= 0.3 is 0 Å². The van der Waals surface area contributed by atoms with E-state index >= 15 is 0 Å². The van der Waals surface area contributed by atoms with E-state index in [9.17, 15) is 4.79 Å². The predicted molar refractivity (Wildman–Crippen MR) is 85.8 cm³/mol. The second-order valence-electron chi connectivity index (χ2n) is 5.89. The van der Waals surface area contributed by atoms with Gasteiger partial charge in [0.1, 0.15) is 5.82 Å². The van der Waals surface area contributed by atoms with Crippen LogP contribution >= 0.6 is 0 Å². The molecule has 1 heterocycles. The van der Waals surface area contributed by atoms with Crippen LogP contribution in [-0.4, -0.2) is 15.4 Å². The molecule has 0 aliphatic heterocycles. The van der Waals surface area contributed by atoms with E-state index in [1.54, 1.807) is 6.07 Å². The second-order valence-corrected chi connectivity index (χ2v) is 5.89. The molecule has 0 saturated heterocycles. The minimum absolute atomic E-state index is 0.0928. The van der Waals surface area contributed by atoms with Crippen LogP contribution in [0.5, 0.6) is 0 Å². The number of hydrogen-bond acceptors (Lipinski definition) is 3. The molecular weight excluding hydrogens is 262 g/mol. The molecule has 0 fully saturated rings. The molecule has 0 bridgehead atoms. The summed E-state index contributed by atoms with van der Waals surface area (Å²) >= 11 is 0. The quantitative estimate of drug-likeness (QED) is 0.847. The molecule has 21 heavy (non-hydrogen) atoms. The minimum atomic E-state index is -0.0928. The zero-order valence-electron chi connectivity index (χ0n) is 12.6. The fraction of sp³-hybridized carbons (Fsp3) is 0.353. The Morgan fingerprint density at radius 2 is 2.10 bits per heavy atom. The number of rotatable bonds is 2. The van der Waals surface area contributed by atoms with E-state index in [4.69, 9.17) is 0 Å². The highest BCUT2D eigenvalue weighted by Gasteiger charge is 2.15. The van der Waals surface area contributed by atoms with E-state index in [-0.39, 0.29) is 11.5 Å². The third-order valence-electron chi connectivity index (χ3n) is 3.67. The standard InChI is InChI=1S/C17H19N3O/c1-11(2)16-18-15-7-5-4-6-14(15)17(21)20(16)19-13-9-8-12(3)10-13/h4-9,11-12H,10H2,1-3H3/b19-13-. The van der Waals surface area contributed by atoms with Crippen molar-refractivity contribution in [1.29, 1.82) is 0 Å². The Hall–Kier alpha value is -2.23. The molecule has 108 valence electrons. The van der Waals surface area contributed by atoms with Gasteiger partial charge in [0.05, 0.1) is 16.6 Å². The van der Waals surface area contributed by atoms with Crippen LogP contribution in [0.3, 0.4) is 0 Å². The van der Waals surface area contributed by atoms with E-state index < -0.39 is 0 Å². The molecule has 1 atom stereocenters. The van der Waals surface area contributed by atoms with Gasteiger partial charge in [0.2, 0.25) is 0 Å². The molecule has 1 unspecified atom stereocenters. The van der Waals surface area contributed by atoms with Gasteiger partial charge in [-0.1, -0.05) is 39.0 Å². The van der Waals surface area contributed by atoms with Crippen molar-refractivity contribution in [2.75, 3.05) is 0 Å². The Bertz CT molecular complexity index is 799. The number of allylic oxidation sites excluding steroid dienone is 2. The van der Waals surface area contributed by atoms with E-state index in [1.807, 2.05) is 38.1 Å². The summed E-state index contributed by atoms with van der Waals surface area (Å²) in [6.07, 6.45) is 4.99. The summed E-state index contributed by atoms with van der Waals surface area (Å²) in [4.78, 5) is 17.3. The van der Waals surface area contributed by atoms with Crippen LogP contribution in [-0.2, 0) is 0 Å². The van der Waals surface area contributed by atoms with Crippen molar-refractivity contribution >= 4 is 16.6 Å². The normalized spacial score (nSPS) is 20.0. The average Bonchev–Trinajstić information content (AvgIpc) is 2.87. The van der Waals surface area contributed by atoms with Gasteiger partial charge in [-0.2, -0.15) is 9.78 Å². The number of para-hydroxylation sites is 1. The van der Waals surface area contributed by atoms with Crippen molar-refractivity contribution in [1.82, 2.24) is 9.66 Å². The first-order chi connectivity index (χ1) is 10.1. The highest BCUT2D eigenvalue weighted by molar-refractivity contribution is 5.97. The van der Waals surface area contributed by atoms with Crippen LogP contribution in [0.15, 0.2) is 46.3 Å². The SMILES string of the molecule is CC1C=C/C(=N/n2c(C(C)C)nc3ccccc3c2=O)C1. The summed E-state index contributed by atoms with van der Waals surface area (Å²) in [6, 6.07) is 7.43. The molecule has 3 rings (SSSR count). The van der Waals surface area contributed by atoms with Gasteiger partial charge in [-0.25, -0.2) is 4.98 Å². The molecule has 1 aromatic heterocycles. The summed E-state index contributed by atoms with van der Waals surface area (Å²) in [6.45, 7) is 6.20. The largest absolute Gasteiger partial charge is 0.282 e. The molecule has 4 nitrogen and oxygen atoms in total. The highest BCUT2D eigenvalue weighted by atomic mass is 16.1. The molecule has 0 spiro atoms. The number of fused-ring (bicyclic) bond motifs is 1. The fourth-order valence-corrected chi connectivity index (χ4v) is 2.56. The van der Waals surface area contributed by atoms with E-state index in [0.29, 0.717) is 17.1 Å². The van der Waals surface area contributed by atoms with Crippen LogP contribution in [0.2, 0.25) is 0 Å². The lowest BCUT2D eigenvalue weighted by atomic mass is 10.1. The Morgan fingerprint density at radius 1 is 1.33 bits per heavy atom. The van der Waals surface area contributed by atoms with Gasteiger partial charge < -0.3 is 0 Å². The van der Waals surface area contributed by atoms with E-state index in [2.05, 4.69) is 23.1 Å². The average molecular weight is 281 g/mol. The highest BCUT2D eigenvalue weighted by Crippen LogP contribution is 2.17. The predicted octanol–water partition coefficient (Wildman–Crippen LogP) is 3.32. The second kappa shape index (κ2) is 5.28. The van der Waals surface area contributed by atoms with Crippen LogP contribution in [0.25, 0.3) is 10.9 Å². The van der Waals surface area contributed by atoms with Gasteiger partial charge in [0.25, 0.3) is 5.56 Å². The van der Waals surface area contributed by atoms with Crippen molar-refractivity contribution in [3.05, 3.63) is 52.6 Å². The van der Waals surface area contributed by atoms with Crippen LogP contribution in [0, 0.1) is 5.92 Å². The maximum absolute atomic E-state index is 12.7. The lowest BCUT2D eigenvalue weighted by Crippen LogP contribution is -2.24. The maximum atomic E-state index is 12.7. The Kier molecular flexibility index (Phi) is 3.45. The van der Waals surface area contributed by atoms with Crippen LogP contribution in [0.4, 0.5) is 0 Å². The molecular formula is C17H19N3O. The number of benzene rings is 1. The molecule has 2 aromatic rings. The molecule has 1 aromatic carbocycles. The molecule has 4 heteroatoms. The van der Waals surface area contributed by atoms with Gasteiger partial charge in [-0.15, -0.1) is 0 Å². The topological polar surface area (TPSA) is 47.2 Å². The molecule has 0 amide bonds. The first-order valence-electron chi connectivity index (χ1n) is 7.34. The Labute approximate surface area is 123 Å². The molecule has 0 N–H and O–H groups in total. The van der Waals surface area contributed by atoms with Crippen LogP contribution < -0.4 is 5.56 Å². The van der Waals surface area contributed by atoms with Crippen molar-refractivity contribution in [3.8, 4) is 0 Å². The van der Waals surface area contributed by atoms with Crippen molar-refractivity contribution in [2.24, 2.45) is 11.0 Å². The Balaban J connectivity index is 2.25. The molecule has 0 radical (unpaired) electrons. The third kappa shape index (κ3) is 2.53. The van der Waals surface area contributed by atoms with Gasteiger partial charge in [0.15, 0.2) is 0 Å². The monoisotopic (exact) mass is 281 g/mol. The molecule has 1 aliphatic carbocycles. The molecule has 0 saturated carbocycles. The zero-order valence-corrected chi connectivity index (χ0v) is 12.6. The smallest absolute Gasteiger partial charge is 0.267 e. The zero-order chi connectivity index (χ0) is 15.0.